The first-order valence-corrected chi connectivity index (χ1v) is 20.1. The number of aliphatic hydroxyl groups is 1. The van der Waals surface area contributed by atoms with Crippen LogP contribution in [0.5, 0.6) is 17.2 Å². The lowest BCUT2D eigenvalue weighted by atomic mass is 9.81. The Balaban J connectivity index is 1.04. The molecule has 0 fully saturated rings. The average Bonchev–Trinajstić information content (AvgIpc) is 3.69. The van der Waals surface area contributed by atoms with E-state index in [-0.39, 0.29) is 42.0 Å². The van der Waals surface area contributed by atoms with E-state index in [1.807, 2.05) is 66.7 Å². The molecule has 1 aliphatic carbocycles. The zero-order chi connectivity index (χ0) is 41.0. The number of ketones is 2. The standard InChI is InChI=1S/C49H53N3O6/c1-32(46(56)28-33-10-5-3-6-11-33)9-4-2-7-13-38(53)19-15-34-17-22-45(55)48(29-34)58-26-24-35-16-21-44(54)42(27-35)41-31-47(57)40-23-25-52-43(40)14-8-12-36-30-37(49(50)51)18-20-39(36)41/h3,5-7,10-11,13,16-18,20-23,25,27,29-30,32,41,46,49,52,54-56H,2,4,9,14-15,19,24,26,28,31,50-51H2,1H3. The molecular weight excluding hydrogens is 727 g/mol. The van der Waals surface area contributed by atoms with Crippen molar-refractivity contribution in [2.45, 2.75) is 82.9 Å². The molecule has 3 unspecified atom stereocenters. The van der Waals surface area contributed by atoms with Crippen LogP contribution in [0, 0.1) is 17.8 Å². The second-order valence-electron chi connectivity index (χ2n) is 15.2. The molecule has 3 atom stereocenters. The van der Waals surface area contributed by atoms with Crippen LogP contribution in [0.4, 0.5) is 0 Å². The van der Waals surface area contributed by atoms with Crippen molar-refractivity contribution in [3.8, 4) is 29.1 Å². The van der Waals surface area contributed by atoms with Gasteiger partial charge in [-0.05, 0) is 102 Å². The number of nitrogens with one attached hydrogen (secondary N) is 1. The molecule has 58 heavy (non-hydrogen) atoms. The highest BCUT2D eigenvalue weighted by molar-refractivity contribution is 5.98. The number of aromatic hydroxyl groups is 2. The number of fused-ring (bicyclic) bond motifs is 2. The second-order valence-corrected chi connectivity index (χ2v) is 15.2. The molecule has 8 N–H and O–H groups in total. The zero-order valence-corrected chi connectivity index (χ0v) is 33.0. The number of aromatic nitrogens is 1. The molecule has 0 aliphatic heterocycles. The normalized spacial score (nSPS) is 15.0. The summed E-state index contributed by atoms with van der Waals surface area (Å²) in [7, 11) is 0. The molecule has 9 nitrogen and oxygen atoms in total. The van der Waals surface area contributed by atoms with Crippen LogP contribution in [0.1, 0.15) is 106 Å². The molecule has 9 heteroatoms. The highest BCUT2D eigenvalue weighted by Gasteiger charge is 2.27. The van der Waals surface area contributed by atoms with Gasteiger partial charge in [-0.3, -0.25) is 9.59 Å². The highest BCUT2D eigenvalue weighted by atomic mass is 16.5. The Hall–Kier alpha value is -5.92. The molecule has 300 valence electrons. The van der Waals surface area contributed by atoms with Gasteiger partial charge in [-0.25, -0.2) is 0 Å². The third kappa shape index (κ3) is 11.1. The van der Waals surface area contributed by atoms with Crippen LogP contribution in [0.3, 0.4) is 0 Å². The van der Waals surface area contributed by atoms with Gasteiger partial charge in [0.05, 0.1) is 25.3 Å². The number of rotatable bonds is 17. The van der Waals surface area contributed by atoms with Gasteiger partial charge in [-0.1, -0.05) is 85.5 Å². The van der Waals surface area contributed by atoms with Crippen molar-refractivity contribution in [2.75, 3.05) is 6.61 Å². The number of aryl methyl sites for hydroxylation is 1. The minimum atomic E-state index is -0.693. The van der Waals surface area contributed by atoms with E-state index < -0.39 is 18.2 Å². The Morgan fingerprint density at radius 1 is 0.931 bits per heavy atom. The first-order chi connectivity index (χ1) is 28.0. The van der Waals surface area contributed by atoms with E-state index in [1.165, 1.54) is 0 Å². The fraction of sp³-hybridized carbons (Fsp3) is 0.306. The summed E-state index contributed by atoms with van der Waals surface area (Å²) in [5, 5.41) is 32.4. The van der Waals surface area contributed by atoms with Crippen LogP contribution in [0.2, 0.25) is 0 Å². The molecule has 4 aromatic carbocycles. The molecule has 1 heterocycles. The maximum Gasteiger partial charge on any atom is 0.165 e. The molecule has 6 rings (SSSR count). The minimum Gasteiger partial charge on any atom is -0.508 e. The highest BCUT2D eigenvalue weighted by Crippen LogP contribution is 2.38. The number of aliphatic hydroxyl groups excluding tert-OH is 1. The van der Waals surface area contributed by atoms with Gasteiger partial charge >= 0.3 is 0 Å². The summed E-state index contributed by atoms with van der Waals surface area (Å²) >= 11 is 0. The van der Waals surface area contributed by atoms with Gasteiger partial charge in [0, 0.05) is 53.8 Å². The SMILES string of the molecule is CC(CCCC=CC(=O)CCc1ccc(O)c(OCCc2ccc(O)c(C3CC(=O)c4cc[nH]c4CC#Cc4cc(C(N)N)ccc43)c2)c1)C(O)Cc1ccccc1. The van der Waals surface area contributed by atoms with Crippen LogP contribution < -0.4 is 16.2 Å². The maximum atomic E-state index is 13.7. The summed E-state index contributed by atoms with van der Waals surface area (Å²) < 4.78 is 6.04. The van der Waals surface area contributed by atoms with Gasteiger partial charge in [0.2, 0.25) is 0 Å². The summed E-state index contributed by atoms with van der Waals surface area (Å²) in [6.07, 6.45) is 9.17. The van der Waals surface area contributed by atoms with Crippen molar-refractivity contribution in [3.63, 3.8) is 0 Å². The maximum absolute atomic E-state index is 13.7. The van der Waals surface area contributed by atoms with E-state index in [1.54, 1.807) is 42.6 Å². The first kappa shape index (κ1) is 41.7. The third-order valence-electron chi connectivity index (χ3n) is 10.9. The number of nitrogens with two attached hydrogens (primary N) is 2. The van der Waals surface area contributed by atoms with Crippen molar-refractivity contribution < 1.29 is 29.6 Å². The number of carbonyl (C=O) groups is 2. The summed E-state index contributed by atoms with van der Waals surface area (Å²) in [6, 6.07) is 27.8. The van der Waals surface area contributed by atoms with Crippen LogP contribution in [0.15, 0.2) is 109 Å². The Labute approximate surface area is 340 Å². The molecule has 0 amide bonds. The van der Waals surface area contributed by atoms with E-state index in [2.05, 4.69) is 23.7 Å². The average molecular weight is 780 g/mol. The molecular formula is C49H53N3O6. The Morgan fingerprint density at radius 2 is 1.71 bits per heavy atom. The van der Waals surface area contributed by atoms with Crippen LogP contribution in [0.25, 0.3) is 0 Å². The number of Topliss-reactive ketones (excluding diaryl/α,β-unsaturated/α-hetero) is 1. The zero-order valence-electron chi connectivity index (χ0n) is 33.0. The molecule has 0 saturated heterocycles. The Morgan fingerprint density at radius 3 is 2.50 bits per heavy atom. The van der Waals surface area contributed by atoms with E-state index in [9.17, 15) is 24.9 Å². The largest absolute Gasteiger partial charge is 0.508 e. The number of ether oxygens (including phenoxy) is 1. The fourth-order valence-electron chi connectivity index (χ4n) is 7.43. The lowest BCUT2D eigenvalue weighted by Gasteiger charge is -2.22. The number of phenolic OH excluding ortho intramolecular Hbond substituents is 2. The van der Waals surface area contributed by atoms with Gasteiger partial charge in [0.25, 0.3) is 0 Å². The lowest BCUT2D eigenvalue weighted by Crippen LogP contribution is -2.20. The molecule has 5 aromatic rings. The molecule has 1 aromatic heterocycles. The predicted octanol–water partition coefficient (Wildman–Crippen LogP) is 7.74. The number of benzene rings is 4. The smallest absolute Gasteiger partial charge is 0.165 e. The molecule has 0 spiro atoms. The summed E-state index contributed by atoms with van der Waals surface area (Å²) in [5.41, 5.74) is 19.0. The number of aromatic amines is 1. The van der Waals surface area contributed by atoms with E-state index in [0.29, 0.717) is 60.1 Å². The Kier molecular flexibility index (Phi) is 14.4. The monoisotopic (exact) mass is 779 g/mol. The number of hydrogen-bond acceptors (Lipinski definition) is 8. The van der Waals surface area contributed by atoms with E-state index >= 15 is 0 Å². The van der Waals surface area contributed by atoms with Crippen LogP contribution >= 0.6 is 0 Å². The topological polar surface area (TPSA) is 172 Å². The number of H-pyrrole nitrogens is 1. The van der Waals surface area contributed by atoms with Crippen molar-refractivity contribution in [3.05, 3.63) is 160 Å². The van der Waals surface area contributed by atoms with Crippen molar-refractivity contribution in [2.24, 2.45) is 17.4 Å². The summed E-state index contributed by atoms with van der Waals surface area (Å²) in [6.45, 7) is 2.30. The molecule has 1 aliphatic rings. The third-order valence-corrected chi connectivity index (χ3v) is 10.9. The second kappa shape index (κ2) is 20.0. The molecule has 0 radical (unpaired) electrons. The first-order valence-electron chi connectivity index (χ1n) is 20.1. The van der Waals surface area contributed by atoms with Crippen LogP contribution in [-0.4, -0.2) is 44.6 Å². The summed E-state index contributed by atoms with van der Waals surface area (Å²) in [5.74, 6) is 6.46. The van der Waals surface area contributed by atoms with Gasteiger partial charge in [0.1, 0.15) is 5.75 Å². The van der Waals surface area contributed by atoms with E-state index in [0.717, 1.165) is 47.2 Å². The van der Waals surface area contributed by atoms with Gasteiger partial charge < -0.3 is 36.5 Å². The van der Waals surface area contributed by atoms with Gasteiger partial charge in [0.15, 0.2) is 23.1 Å². The van der Waals surface area contributed by atoms with E-state index in [4.69, 9.17) is 16.2 Å². The van der Waals surface area contributed by atoms with Crippen molar-refractivity contribution in [1.82, 2.24) is 4.98 Å². The van der Waals surface area contributed by atoms with Crippen molar-refractivity contribution >= 4 is 11.6 Å². The van der Waals surface area contributed by atoms with Gasteiger partial charge in [-0.15, -0.1) is 0 Å². The minimum absolute atomic E-state index is 0.00269. The van der Waals surface area contributed by atoms with Crippen molar-refractivity contribution in [1.29, 1.82) is 0 Å². The summed E-state index contributed by atoms with van der Waals surface area (Å²) in [4.78, 5) is 29.5. The number of allylic oxidation sites excluding steroid dienone is 2. The number of carbonyl (C=O) groups excluding carboxylic acids is 2. The molecule has 0 bridgehead atoms. The number of phenols is 2. The number of unbranched alkanes of at least 4 members (excludes halogenated alkanes) is 1. The number of hydrogen-bond donors (Lipinski definition) is 6. The Bertz CT molecular complexity index is 2280. The quantitative estimate of drug-likeness (QED) is 0.0241. The fourth-order valence-corrected chi connectivity index (χ4v) is 7.43. The van der Waals surface area contributed by atoms with Crippen LogP contribution in [-0.2, 0) is 30.5 Å². The molecule has 0 saturated carbocycles. The van der Waals surface area contributed by atoms with Gasteiger partial charge in [-0.2, -0.15) is 0 Å². The lowest BCUT2D eigenvalue weighted by molar-refractivity contribution is -0.114. The predicted molar refractivity (Wildman–Crippen MR) is 227 cm³/mol.